The second kappa shape index (κ2) is 10.00. The number of fused-ring (bicyclic) bond motifs is 1. The fourth-order valence-corrected chi connectivity index (χ4v) is 4.43. The molecule has 0 aliphatic carbocycles. The number of nitrogens with zero attached hydrogens (tertiary/aromatic N) is 2. The maximum atomic E-state index is 11.8. The molecule has 1 unspecified atom stereocenters. The third kappa shape index (κ3) is 4.78. The molecule has 4 rings (SSSR count). The molecule has 1 atom stereocenters. The van der Waals surface area contributed by atoms with E-state index in [1.54, 1.807) is 13.2 Å². The molecule has 0 fully saturated rings. The number of rotatable bonds is 5. The number of benzene rings is 3. The number of carbonyl (C=O) groups excluding carboxylic acids is 1. The first kappa shape index (κ1) is 24.8. The van der Waals surface area contributed by atoms with Crippen molar-refractivity contribution in [1.29, 1.82) is 0 Å². The zero-order valence-electron chi connectivity index (χ0n) is 18.6. The van der Waals surface area contributed by atoms with Crippen molar-refractivity contribution in [3.63, 3.8) is 0 Å². The van der Waals surface area contributed by atoms with Crippen molar-refractivity contribution in [2.24, 2.45) is 0 Å². The number of aryl methyl sites for hydroxylation is 1. The highest BCUT2D eigenvalue weighted by Crippen LogP contribution is 2.48. The Morgan fingerprint density at radius 3 is 2.39 bits per heavy atom. The van der Waals surface area contributed by atoms with Crippen molar-refractivity contribution in [3.8, 4) is 5.75 Å². The molecule has 0 bridgehead atoms. The van der Waals surface area contributed by atoms with E-state index in [0.717, 1.165) is 34.0 Å². The van der Waals surface area contributed by atoms with Gasteiger partial charge in [0, 0.05) is 35.8 Å². The fraction of sp³-hybridized carbons (Fsp3) is 0.208. The second-order valence-corrected chi connectivity index (χ2v) is 8.50. The highest BCUT2D eigenvalue weighted by Gasteiger charge is 2.37. The fourth-order valence-electron chi connectivity index (χ4n) is 4.04. The molecule has 174 valence electrons. The lowest BCUT2D eigenvalue weighted by Gasteiger charge is -2.33. The summed E-state index contributed by atoms with van der Waals surface area (Å²) in [5.74, 6) is 0.522. The largest absolute Gasteiger partial charge is 0.495 e. The Labute approximate surface area is 209 Å². The molecule has 0 aromatic heterocycles. The van der Waals surface area contributed by atoms with Crippen LogP contribution in [0, 0.1) is 6.92 Å². The van der Waals surface area contributed by atoms with Crippen LogP contribution in [0.2, 0.25) is 10.0 Å². The maximum Gasteiger partial charge on any atom is 0.221 e. The first-order valence-corrected chi connectivity index (χ1v) is 10.8. The quantitative estimate of drug-likeness (QED) is 0.404. The highest BCUT2D eigenvalue weighted by atomic mass is 35.5. The van der Waals surface area contributed by atoms with Gasteiger partial charge in [-0.3, -0.25) is 4.79 Å². The van der Waals surface area contributed by atoms with Gasteiger partial charge in [-0.2, -0.15) is 0 Å². The van der Waals surface area contributed by atoms with Crippen molar-refractivity contribution in [2.75, 3.05) is 34.6 Å². The number of nitrogens with one attached hydrogen (secondary N) is 2. The summed E-state index contributed by atoms with van der Waals surface area (Å²) < 4.78 is 5.60. The van der Waals surface area contributed by atoms with Gasteiger partial charge in [0.15, 0.2) is 6.29 Å². The van der Waals surface area contributed by atoms with Gasteiger partial charge in [0.25, 0.3) is 0 Å². The third-order valence-electron chi connectivity index (χ3n) is 5.41. The molecule has 0 saturated heterocycles. The molecule has 33 heavy (non-hydrogen) atoms. The van der Waals surface area contributed by atoms with Crippen LogP contribution in [0.1, 0.15) is 12.5 Å². The predicted octanol–water partition coefficient (Wildman–Crippen LogP) is 6.67. The van der Waals surface area contributed by atoms with Gasteiger partial charge in [0.2, 0.25) is 5.91 Å². The molecule has 9 heteroatoms. The van der Waals surface area contributed by atoms with Gasteiger partial charge in [-0.25, -0.2) is 0 Å². The van der Waals surface area contributed by atoms with E-state index in [4.69, 9.17) is 27.9 Å². The zero-order chi connectivity index (χ0) is 23.0. The van der Waals surface area contributed by atoms with Crippen molar-refractivity contribution >= 4 is 70.0 Å². The summed E-state index contributed by atoms with van der Waals surface area (Å²) in [4.78, 5) is 16.1. The molecule has 3 aromatic carbocycles. The van der Waals surface area contributed by atoms with Crippen LogP contribution in [0.4, 0.5) is 28.4 Å². The topological polar surface area (TPSA) is 56.8 Å². The minimum atomic E-state index is -0.310. The Bertz CT molecular complexity index is 1170. The number of hydrogen-bond acceptors (Lipinski definition) is 5. The average molecular weight is 508 g/mol. The molecule has 1 aliphatic heterocycles. The zero-order valence-corrected chi connectivity index (χ0v) is 21.0. The van der Waals surface area contributed by atoms with E-state index >= 15 is 0 Å². The number of halogens is 3. The van der Waals surface area contributed by atoms with Crippen molar-refractivity contribution in [2.45, 2.75) is 20.1 Å². The highest BCUT2D eigenvalue weighted by molar-refractivity contribution is 6.31. The van der Waals surface area contributed by atoms with Crippen LogP contribution in [0.3, 0.4) is 0 Å². The molecule has 1 amide bonds. The number of ether oxygens (including phenoxy) is 1. The number of carbonyl (C=O) groups is 1. The van der Waals surface area contributed by atoms with E-state index in [1.165, 1.54) is 6.92 Å². The van der Waals surface area contributed by atoms with Crippen LogP contribution in [0.25, 0.3) is 0 Å². The summed E-state index contributed by atoms with van der Waals surface area (Å²) >= 11 is 12.4. The lowest BCUT2D eigenvalue weighted by Crippen LogP contribution is -2.45. The number of amides is 1. The minimum absolute atomic E-state index is 0. The average Bonchev–Trinajstić information content (AvgIpc) is 3.02. The number of para-hydroxylation sites is 1. The standard InChI is InChI=1S/C24H24Cl2N4O2.ClH/c1-14-12-17(26)13-21(32-4)22(14)28-24-29(3)23-19(27-15(2)31)6-5-7-20(23)30(24)18-10-8-16(25)9-11-18;/h5-13,24,28H,1-4H3,(H,27,31);1H. The molecule has 0 spiro atoms. The summed E-state index contributed by atoms with van der Waals surface area (Å²) in [6, 6.07) is 17.2. The van der Waals surface area contributed by atoms with Crippen molar-refractivity contribution < 1.29 is 9.53 Å². The van der Waals surface area contributed by atoms with Crippen molar-refractivity contribution in [1.82, 2.24) is 0 Å². The molecule has 6 nitrogen and oxygen atoms in total. The first-order chi connectivity index (χ1) is 15.3. The van der Waals surface area contributed by atoms with Crippen LogP contribution in [-0.2, 0) is 4.79 Å². The molecular formula is C24H25Cl3N4O2. The van der Waals surface area contributed by atoms with Crippen LogP contribution < -0.4 is 25.2 Å². The van der Waals surface area contributed by atoms with Gasteiger partial charge in [0.05, 0.1) is 29.9 Å². The van der Waals surface area contributed by atoms with Crippen molar-refractivity contribution in [3.05, 3.63) is 70.2 Å². The number of hydrogen-bond donors (Lipinski definition) is 2. The molecular weight excluding hydrogens is 483 g/mol. The summed E-state index contributed by atoms with van der Waals surface area (Å²) in [6.07, 6.45) is -0.310. The SMILES string of the molecule is COc1cc(Cl)cc(C)c1NC1N(C)c2c(NC(C)=O)cccc2N1c1ccc(Cl)cc1.Cl. The van der Waals surface area contributed by atoms with E-state index in [1.807, 2.05) is 62.5 Å². The lowest BCUT2D eigenvalue weighted by atomic mass is 10.2. The maximum absolute atomic E-state index is 11.8. The second-order valence-electron chi connectivity index (χ2n) is 7.63. The minimum Gasteiger partial charge on any atom is -0.495 e. The Balaban J connectivity index is 0.00000306. The molecule has 0 saturated carbocycles. The van der Waals surface area contributed by atoms with E-state index < -0.39 is 0 Å². The van der Waals surface area contributed by atoms with Gasteiger partial charge < -0.3 is 25.2 Å². The Kier molecular flexibility index (Phi) is 7.52. The molecule has 3 aromatic rings. The van der Waals surface area contributed by atoms with Gasteiger partial charge in [-0.15, -0.1) is 12.4 Å². The van der Waals surface area contributed by atoms with Crippen LogP contribution >= 0.6 is 35.6 Å². The molecule has 1 aliphatic rings. The summed E-state index contributed by atoms with van der Waals surface area (Å²) in [5, 5.41) is 7.83. The third-order valence-corrected chi connectivity index (χ3v) is 5.88. The van der Waals surface area contributed by atoms with Crippen LogP contribution in [0.5, 0.6) is 5.75 Å². The molecule has 1 heterocycles. The predicted molar refractivity (Wildman–Crippen MR) is 140 cm³/mol. The van der Waals surface area contributed by atoms with E-state index in [9.17, 15) is 4.79 Å². The lowest BCUT2D eigenvalue weighted by molar-refractivity contribution is -0.114. The van der Waals surface area contributed by atoms with E-state index in [-0.39, 0.29) is 24.6 Å². The van der Waals surface area contributed by atoms with Crippen LogP contribution in [0.15, 0.2) is 54.6 Å². The molecule has 0 radical (unpaired) electrons. The Hall–Kier alpha value is -2.80. The summed E-state index contributed by atoms with van der Waals surface area (Å²) in [5.41, 5.74) is 5.33. The summed E-state index contributed by atoms with van der Waals surface area (Å²) in [7, 11) is 3.60. The summed E-state index contributed by atoms with van der Waals surface area (Å²) in [6.45, 7) is 3.48. The van der Waals surface area contributed by atoms with E-state index in [2.05, 4.69) is 20.4 Å². The van der Waals surface area contributed by atoms with Gasteiger partial charge in [-0.1, -0.05) is 29.3 Å². The van der Waals surface area contributed by atoms with E-state index in [0.29, 0.717) is 15.8 Å². The normalized spacial score (nSPS) is 14.4. The number of methoxy groups -OCH3 is 1. The first-order valence-electron chi connectivity index (χ1n) is 10.1. The molecule has 2 N–H and O–H groups in total. The monoisotopic (exact) mass is 506 g/mol. The van der Waals surface area contributed by atoms with Gasteiger partial charge in [0.1, 0.15) is 5.75 Å². The van der Waals surface area contributed by atoms with Gasteiger partial charge >= 0.3 is 0 Å². The Morgan fingerprint density at radius 2 is 1.76 bits per heavy atom. The van der Waals surface area contributed by atoms with Gasteiger partial charge in [-0.05, 0) is 55.0 Å². The van der Waals surface area contributed by atoms with Crippen LogP contribution in [-0.4, -0.2) is 26.4 Å². The smallest absolute Gasteiger partial charge is 0.221 e. The number of anilines is 5. The Morgan fingerprint density at radius 1 is 1.06 bits per heavy atom.